The van der Waals surface area contributed by atoms with Crippen LogP contribution >= 0.6 is 0 Å². The zero-order valence-electron chi connectivity index (χ0n) is 9.81. The van der Waals surface area contributed by atoms with Crippen molar-refractivity contribution in [3.63, 3.8) is 0 Å². The number of carbonyl (C=O) groups excluding carboxylic acids is 1. The van der Waals surface area contributed by atoms with Gasteiger partial charge in [0.15, 0.2) is 0 Å². The number of carbonyl (C=O) groups is 1. The van der Waals surface area contributed by atoms with Crippen molar-refractivity contribution in [1.29, 1.82) is 0 Å². The third-order valence-electron chi connectivity index (χ3n) is 2.41. The van der Waals surface area contributed by atoms with Crippen molar-refractivity contribution in [2.75, 3.05) is 13.1 Å². The molecule has 0 saturated heterocycles. The second kappa shape index (κ2) is 7.00. The fraction of sp³-hybridized carbons (Fsp3) is 0.417. The molecule has 18 heavy (non-hydrogen) atoms. The number of hydrogen-bond donors (Lipinski definition) is 2. The summed E-state index contributed by atoms with van der Waals surface area (Å²) in [4.78, 5) is 11.2. The Hall–Kier alpha value is -1.56. The lowest BCUT2D eigenvalue weighted by atomic mass is 10.1. The van der Waals surface area contributed by atoms with Crippen LogP contribution in [0.1, 0.15) is 18.4 Å². The standard InChI is InChI=1S/C12H15F3N2O/c13-8-6-10(14)9(11(15)7-8)3-5-17-12(18)2-1-4-16/h6-7H,1-5,16H2,(H,17,18). The summed E-state index contributed by atoms with van der Waals surface area (Å²) < 4.78 is 39.1. The number of rotatable bonds is 6. The Bertz CT molecular complexity index is 401. The van der Waals surface area contributed by atoms with Gasteiger partial charge < -0.3 is 11.1 Å². The van der Waals surface area contributed by atoms with Gasteiger partial charge in [0.05, 0.1) is 0 Å². The van der Waals surface area contributed by atoms with Crippen molar-refractivity contribution in [3.8, 4) is 0 Å². The molecule has 0 atom stereocenters. The van der Waals surface area contributed by atoms with Crippen LogP contribution in [0.3, 0.4) is 0 Å². The fourth-order valence-electron chi connectivity index (χ4n) is 1.49. The maximum Gasteiger partial charge on any atom is 0.220 e. The number of amides is 1. The summed E-state index contributed by atoms with van der Waals surface area (Å²) in [7, 11) is 0. The third-order valence-corrected chi connectivity index (χ3v) is 2.41. The zero-order valence-corrected chi connectivity index (χ0v) is 9.81. The first-order valence-corrected chi connectivity index (χ1v) is 5.64. The molecule has 0 bridgehead atoms. The Morgan fingerprint density at radius 3 is 2.39 bits per heavy atom. The van der Waals surface area contributed by atoms with Gasteiger partial charge in [-0.15, -0.1) is 0 Å². The quantitative estimate of drug-likeness (QED) is 0.814. The molecule has 0 aromatic heterocycles. The molecule has 100 valence electrons. The van der Waals surface area contributed by atoms with Gasteiger partial charge in [-0.2, -0.15) is 0 Å². The van der Waals surface area contributed by atoms with Gasteiger partial charge in [0.2, 0.25) is 5.91 Å². The molecular formula is C12H15F3N2O. The summed E-state index contributed by atoms with van der Waals surface area (Å²) in [5.74, 6) is -3.06. The van der Waals surface area contributed by atoms with E-state index in [0.29, 0.717) is 25.1 Å². The summed E-state index contributed by atoms with van der Waals surface area (Å²) in [6.07, 6.45) is 0.822. The summed E-state index contributed by atoms with van der Waals surface area (Å²) in [6.45, 7) is 0.511. The molecule has 0 aliphatic rings. The summed E-state index contributed by atoms with van der Waals surface area (Å²) in [6, 6.07) is 1.24. The minimum atomic E-state index is -0.958. The Morgan fingerprint density at radius 2 is 1.83 bits per heavy atom. The van der Waals surface area contributed by atoms with Gasteiger partial charge in [-0.1, -0.05) is 0 Å². The second-order valence-corrected chi connectivity index (χ2v) is 3.84. The number of hydrogen-bond acceptors (Lipinski definition) is 2. The molecule has 0 unspecified atom stereocenters. The smallest absolute Gasteiger partial charge is 0.220 e. The van der Waals surface area contributed by atoms with E-state index in [1.54, 1.807) is 0 Å². The molecule has 6 heteroatoms. The van der Waals surface area contributed by atoms with Gasteiger partial charge in [0.1, 0.15) is 17.5 Å². The van der Waals surface area contributed by atoms with Gasteiger partial charge in [-0.05, 0) is 19.4 Å². The Morgan fingerprint density at radius 1 is 1.22 bits per heavy atom. The molecule has 0 saturated carbocycles. The Balaban J connectivity index is 2.47. The topological polar surface area (TPSA) is 55.1 Å². The van der Waals surface area contributed by atoms with E-state index < -0.39 is 17.5 Å². The maximum atomic E-state index is 13.2. The van der Waals surface area contributed by atoms with Crippen LogP contribution in [-0.4, -0.2) is 19.0 Å². The monoisotopic (exact) mass is 260 g/mol. The van der Waals surface area contributed by atoms with Crippen LogP contribution in [0.25, 0.3) is 0 Å². The number of nitrogens with one attached hydrogen (secondary N) is 1. The van der Waals surface area contributed by atoms with Gasteiger partial charge >= 0.3 is 0 Å². The lowest BCUT2D eigenvalue weighted by Gasteiger charge is -2.07. The SMILES string of the molecule is NCCCC(=O)NCCc1c(F)cc(F)cc1F. The van der Waals surface area contributed by atoms with Crippen LogP contribution in [0.4, 0.5) is 13.2 Å². The van der Waals surface area contributed by atoms with E-state index in [4.69, 9.17) is 5.73 Å². The zero-order chi connectivity index (χ0) is 13.5. The minimum absolute atomic E-state index is 0.0215. The average Bonchev–Trinajstić information content (AvgIpc) is 2.29. The van der Waals surface area contributed by atoms with E-state index in [1.165, 1.54) is 0 Å². The summed E-state index contributed by atoms with van der Waals surface area (Å²) in [5.41, 5.74) is 5.01. The predicted molar refractivity (Wildman–Crippen MR) is 61.3 cm³/mol. The molecule has 3 N–H and O–H groups in total. The molecule has 0 heterocycles. The fourth-order valence-corrected chi connectivity index (χ4v) is 1.49. The van der Waals surface area contributed by atoms with Crippen molar-refractivity contribution in [2.24, 2.45) is 5.73 Å². The first-order chi connectivity index (χ1) is 8.54. The van der Waals surface area contributed by atoms with Crippen LogP contribution in [-0.2, 0) is 11.2 Å². The molecule has 0 spiro atoms. The first kappa shape index (κ1) is 14.5. The van der Waals surface area contributed by atoms with Crippen molar-refractivity contribution < 1.29 is 18.0 Å². The Labute approximate surface area is 103 Å². The van der Waals surface area contributed by atoms with Crippen molar-refractivity contribution in [1.82, 2.24) is 5.32 Å². The number of benzene rings is 1. The molecule has 1 aromatic carbocycles. The van der Waals surface area contributed by atoms with Crippen LogP contribution < -0.4 is 11.1 Å². The van der Waals surface area contributed by atoms with Crippen molar-refractivity contribution >= 4 is 5.91 Å². The highest BCUT2D eigenvalue weighted by Gasteiger charge is 2.11. The molecular weight excluding hydrogens is 245 g/mol. The average molecular weight is 260 g/mol. The maximum absolute atomic E-state index is 13.2. The molecule has 1 aromatic rings. The normalized spacial score (nSPS) is 10.4. The largest absolute Gasteiger partial charge is 0.356 e. The lowest BCUT2D eigenvalue weighted by Crippen LogP contribution is -2.26. The van der Waals surface area contributed by atoms with Gasteiger partial charge in [0.25, 0.3) is 0 Å². The molecule has 0 aliphatic carbocycles. The highest BCUT2D eigenvalue weighted by molar-refractivity contribution is 5.75. The molecule has 3 nitrogen and oxygen atoms in total. The van der Waals surface area contributed by atoms with Crippen LogP contribution in [0, 0.1) is 17.5 Å². The number of halogens is 3. The van der Waals surface area contributed by atoms with Gasteiger partial charge in [-0.25, -0.2) is 13.2 Å². The van der Waals surface area contributed by atoms with Gasteiger partial charge in [0, 0.05) is 30.7 Å². The molecule has 0 aliphatic heterocycles. The first-order valence-electron chi connectivity index (χ1n) is 5.64. The molecule has 0 radical (unpaired) electrons. The highest BCUT2D eigenvalue weighted by atomic mass is 19.1. The second-order valence-electron chi connectivity index (χ2n) is 3.84. The van der Waals surface area contributed by atoms with Crippen molar-refractivity contribution in [3.05, 3.63) is 35.1 Å². The highest BCUT2D eigenvalue weighted by Crippen LogP contribution is 2.14. The van der Waals surface area contributed by atoms with Crippen LogP contribution in [0.15, 0.2) is 12.1 Å². The van der Waals surface area contributed by atoms with E-state index in [0.717, 1.165) is 0 Å². The van der Waals surface area contributed by atoms with E-state index in [-0.39, 0.29) is 30.9 Å². The minimum Gasteiger partial charge on any atom is -0.356 e. The summed E-state index contributed by atoms with van der Waals surface area (Å²) in [5, 5.41) is 2.51. The van der Waals surface area contributed by atoms with E-state index in [2.05, 4.69) is 5.32 Å². The number of nitrogens with two attached hydrogens (primary N) is 1. The Kier molecular flexibility index (Phi) is 5.64. The van der Waals surface area contributed by atoms with E-state index >= 15 is 0 Å². The third kappa shape index (κ3) is 4.37. The van der Waals surface area contributed by atoms with E-state index in [9.17, 15) is 18.0 Å². The van der Waals surface area contributed by atoms with E-state index in [1.807, 2.05) is 0 Å². The predicted octanol–water partition coefficient (Wildman–Crippen LogP) is 1.50. The summed E-state index contributed by atoms with van der Waals surface area (Å²) >= 11 is 0. The van der Waals surface area contributed by atoms with Crippen molar-refractivity contribution in [2.45, 2.75) is 19.3 Å². The van der Waals surface area contributed by atoms with Gasteiger partial charge in [-0.3, -0.25) is 4.79 Å². The molecule has 1 amide bonds. The molecule has 1 rings (SSSR count). The molecule has 0 fully saturated rings. The van der Waals surface area contributed by atoms with Crippen LogP contribution in [0.5, 0.6) is 0 Å². The van der Waals surface area contributed by atoms with Crippen LogP contribution in [0.2, 0.25) is 0 Å². The lowest BCUT2D eigenvalue weighted by molar-refractivity contribution is -0.121.